The lowest BCUT2D eigenvalue weighted by Gasteiger charge is -2.25. The van der Waals surface area contributed by atoms with Crippen LogP contribution in [0.4, 0.5) is 13.2 Å². The first kappa shape index (κ1) is 19.0. The second-order valence-corrected chi connectivity index (χ2v) is 7.00. The minimum absolute atomic E-state index is 0.0327. The Morgan fingerprint density at radius 3 is 2.64 bits per heavy atom. The van der Waals surface area contributed by atoms with E-state index in [0.717, 1.165) is 11.3 Å². The van der Waals surface area contributed by atoms with E-state index in [4.69, 9.17) is 11.6 Å². The third-order valence-corrected chi connectivity index (χ3v) is 5.30. The van der Waals surface area contributed by atoms with E-state index in [1.807, 2.05) is 6.92 Å². The van der Waals surface area contributed by atoms with Gasteiger partial charge in [0.1, 0.15) is 12.0 Å². The highest BCUT2D eigenvalue weighted by molar-refractivity contribution is 6.31. The van der Waals surface area contributed by atoms with E-state index < -0.39 is 18.3 Å². The van der Waals surface area contributed by atoms with Gasteiger partial charge in [-0.05, 0) is 19.9 Å². The van der Waals surface area contributed by atoms with Gasteiger partial charge in [0.05, 0.1) is 22.1 Å². The van der Waals surface area contributed by atoms with Crippen LogP contribution in [-0.2, 0) is 13.1 Å². The summed E-state index contributed by atoms with van der Waals surface area (Å²) in [5.41, 5.74) is 3.60. The van der Waals surface area contributed by atoms with Crippen molar-refractivity contribution in [1.82, 2.24) is 19.5 Å². The summed E-state index contributed by atoms with van der Waals surface area (Å²) in [5, 5.41) is 15.8. The molecule has 1 aliphatic rings. The third kappa shape index (κ3) is 3.19. The van der Waals surface area contributed by atoms with Crippen LogP contribution < -0.4 is 4.74 Å². The molecule has 1 aromatic carbocycles. The van der Waals surface area contributed by atoms with Crippen LogP contribution in [0.3, 0.4) is 0 Å². The van der Waals surface area contributed by atoms with Gasteiger partial charge in [0, 0.05) is 24.2 Å². The summed E-state index contributed by atoms with van der Waals surface area (Å²) in [7, 11) is 0. The van der Waals surface area contributed by atoms with Crippen molar-refractivity contribution in [3.05, 3.63) is 57.5 Å². The van der Waals surface area contributed by atoms with Crippen molar-refractivity contribution in [2.75, 3.05) is 0 Å². The molecular formula is C18H16ClF3N4O2. The third-order valence-electron chi connectivity index (χ3n) is 4.75. The van der Waals surface area contributed by atoms with Crippen LogP contribution in [0.25, 0.3) is 5.65 Å². The van der Waals surface area contributed by atoms with E-state index in [0.29, 0.717) is 22.1 Å². The summed E-state index contributed by atoms with van der Waals surface area (Å²) in [5.74, 6) is -0.433. The SMILES string of the molecule is Cc1nc2c3c(nn2c(C)c1Cl)CN(C(O)c1ccccc1OC(F)(F)F)C3. The molecule has 4 rings (SSSR count). The topological polar surface area (TPSA) is 62.9 Å². The van der Waals surface area contributed by atoms with Gasteiger partial charge in [0.2, 0.25) is 0 Å². The monoisotopic (exact) mass is 412 g/mol. The molecule has 148 valence electrons. The molecule has 0 amide bonds. The van der Waals surface area contributed by atoms with Gasteiger partial charge >= 0.3 is 6.36 Å². The first-order valence-corrected chi connectivity index (χ1v) is 8.83. The number of halogens is 4. The molecule has 10 heteroatoms. The quantitative estimate of drug-likeness (QED) is 0.706. The first-order valence-electron chi connectivity index (χ1n) is 8.45. The number of para-hydroxylation sites is 1. The predicted octanol–water partition coefficient (Wildman–Crippen LogP) is 3.90. The Hall–Kier alpha value is -2.36. The van der Waals surface area contributed by atoms with E-state index in [-0.39, 0.29) is 18.7 Å². The summed E-state index contributed by atoms with van der Waals surface area (Å²) in [6.07, 6.45) is -6.13. The molecule has 1 aliphatic heterocycles. The molecule has 0 aliphatic carbocycles. The molecule has 0 bridgehead atoms. The molecule has 0 spiro atoms. The van der Waals surface area contributed by atoms with E-state index >= 15 is 0 Å². The number of rotatable bonds is 3. The highest BCUT2D eigenvalue weighted by Crippen LogP contribution is 2.37. The molecule has 1 unspecified atom stereocenters. The number of aliphatic hydroxyl groups is 1. The zero-order valence-corrected chi connectivity index (χ0v) is 15.7. The van der Waals surface area contributed by atoms with Crippen molar-refractivity contribution in [3.8, 4) is 5.75 Å². The van der Waals surface area contributed by atoms with Crippen LogP contribution in [0.1, 0.15) is 34.4 Å². The Morgan fingerprint density at radius 2 is 1.93 bits per heavy atom. The van der Waals surface area contributed by atoms with Gasteiger partial charge in [-0.25, -0.2) is 9.50 Å². The zero-order valence-electron chi connectivity index (χ0n) is 15.0. The van der Waals surface area contributed by atoms with E-state index in [2.05, 4.69) is 14.8 Å². The maximum absolute atomic E-state index is 12.7. The lowest BCUT2D eigenvalue weighted by Crippen LogP contribution is -2.26. The van der Waals surface area contributed by atoms with Gasteiger partial charge < -0.3 is 9.84 Å². The minimum atomic E-state index is -4.84. The average molecular weight is 413 g/mol. The second-order valence-electron chi connectivity index (χ2n) is 6.62. The van der Waals surface area contributed by atoms with Gasteiger partial charge in [-0.15, -0.1) is 13.2 Å². The summed E-state index contributed by atoms with van der Waals surface area (Å²) in [4.78, 5) is 6.10. The van der Waals surface area contributed by atoms with Crippen LogP contribution >= 0.6 is 11.6 Å². The number of fused-ring (bicyclic) bond motifs is 3. The van der Waals surface area contributed by atoms with Crippen molar-refractivity contribution in [1.29, 1.82) is 0 Å². The molecule has 3 heterocycles. The molecule has 2 aromatic heterocycles. The number of benzene rings is 1. The Balaban J connectivity index is 1.65. The van der Waals surface area contributed by atoms with Crippen LogP contribution in [0.15, 0.2) is 24.3 Å². The molecular weight excluding hydrogens is 397 g/mol. The fourth-order valence-electron chi connectivity index (χ4n) is 3.42. The maximum Gasteiger partial charge on any atom is 0.573 e. The normalized spacial score (nSPS) is 15.8. The number of alkyl halides is 3. The number of aliphatic hydroxyl groups excluding tert-OH is 1. The standard InChI is InChI=1S/C18H16ClF3N4O2/c1-9-15(19)10(2)26-16(23-9)12-7-25(8-13(12)24-26)17(27)11-5-3-4-6-14(11)28-18(20,21)22/h3-6,17,27H,7-8H2,1-2H3. The van der Waals surface area contributed by atoms with Crippen molar-refractivity contribution in [3.63, 3.8) is 0 Å². The van der Waals surface area contributed by atoms with Gasteiger partial charge in [0.15, 0.2) is 5.65 Å². The number of nitrogens with zero attached hydrogens (tertiary/aromatic N) is 4. The lowest BCUT2D eigenvalue weighted by atomic mass is 10.1. The first-order chi connectivity index (χ1) is 13.2. The fraction of sp³-hybridized carbons (Fsp3) is 0.333. The minimum Gasteiger partial charge on any atom is -0.405 e. The van der Waals surface area contributed by atoms with Crippen molar-refractivity contribution in [2.45, 2.75) is 39.5 Å². The average Bonchev–Trinajstić information content (AvgIpc) is 3.17. The molecule has 1 atom stereocenters. The fourth-order valence-corrected chi connectivity index (χ4v) is 3.54. The highest BCUT2D eigenvalue weighted by Gasteiger charge is 2.35. The highest BCUT2D eigenvalue weighted by atomic mass is 35.5. The number of ether oxygens (including phenoxy) is 1. The van der Waals surface area contributed by atoms with Gasteiger partial charge in [-0.3, -0.25) is 4.90 Å². The summed E-state index contributed by atoms with van der Waals surface area (Å²) in [6.45, 7) is 4.18. The maximum atomic E-state index is 12.7. The van der Waals surface area contributed by atoms with Crippen LogP contribution in [0.5, 0.6) is 5.75 Å². The Bertz CT molecular complexity index is 1070. The largest absolute Gasteiger partial charge is 0.573 e. The number of hydrogen-bond acceptors (Lipinski definition) is 5. The van der Waals surface area contributed by atoms with Gasteiger partial charge in [0.25, 0.3) is 0 Å². The van der Waals surface area contributed by atoms with E-state index in [1.165, 1.54) is 18.2 Å². The van der Waals surface area contributed by atoms with Crippen LogP contribution in [0, 0.1) is 13.8 Å². The van der Waals surface area contributed by atoms with Crippen LogP contribution in [-0.4, -0.2) is 31.0 Å². The Morgan fingerprint density at radius 1 is 1.21 bits per heavy atom. The number of hydrogen-bond donors (Lipinski definition) is 1. The molecule has 6 nitrogen and oxygen atoms in total. The molecule has 0 saturated heterocycles. The Kier molecular flexibility index (Phi) is 4.48. The Labute approximate surface area is 163 Å². The molecule has 0 radical (unpaired) electrons. The van der Waals surface area contributed by atoms with E-state index in [1.54, 1.807) is 22.4 Å². The smallest absolute Gasteiger partial charge is 0.405 e. The zero-order chi connectivity index (χ0) is 20.2. The second kappa shape index (κ2) is 6.61. The summed E-state index contributed by atoms with van der Waals surface area (Å²) >= 11 is 6.23. The van der Waals surface area contributed by atoms with Crippen molar-refractivity contribution in [2.24, 2.45) is 0 Å². The predicted molar refractivity (Wildman–Crippen MR) is 94.8 cm³/mol. The molecule has 3 aromatic rings. The number of aryl methyl sites for hydroxylation is 2. The summed E-state index contributed by atoms with van der Waals surface area (Å²) < 4.78 is 43.7. The molecule has 0 fully saturated rings. The number of aromatic nitrogens is 3. The molecule has 1 N–H and O–H groups in total. The van der Waals surface area contributed by atoms with Crippen molar-refractivity contribution < 1.29 is 23.0 Å². The van der Waals surface area contributed by atoms with Crippen LogP contribution in [0.2, 0.25) is 5.02 Å². The van der Waals surface area contributed by atoms with Crippen molar-refractivity contribution >= 4 is 17.2 Å². The van der Waals surface area contributed by atoms with E-state index in [9.17, 15) is 18.3 Å². The van der Waals surface area contributed by atoms with Gasteiger partial charge in [-0.1, -0.05) is 29.8 Å². The molecule has 28 heavy (non-hydrogen) atoms. The summed E-state index contributed by atoms with van der Waals surface area (Å²) in [6, 6.07) is 5.54. The molecule has 0 saturated carbocycles. The lowest BCUT2D eigenvalue weighted by molar-refractivity contribution is -0.275. The van der Waals surface area contributed by atoms with Gasteiger partial charge in [-0.2, -0.15) is 5.10 Å².